The maximum Gasteiger partial charge on any atom is 0.256 e. The van der Waals surface area contributed by atoms with Gasteiger partial charge in [-0.15, -0.1) is 0 Å². The van der Waals surface area contributed by atoms with Crippen molar-refractivity contribution in [2.24, 2.45) is 11.8 Å². The average molecular weight is 275 g/mol. The zero-order valence-electron chi connectivity index (χ0n) is 12.9. The summed E-state index contributed by atoms with van der Waals surface area (Å²) in [7, 11) is 3.90. The molecule has 1 aliphatic rings. The summed E-state index contributed by atoms with van der Waals surface area (Å²) < 4.78 is 0. The molecule has 1 amide bonds. The van der Waals surface area contributed by atoms with E-state index in [9.17, 15) is 4.79 Å². The Kier molecular flexibility index (Phi) is 4.21. The van der Waals surface area contributed by atoms with Crippen LogP contribution in [0, 0.1) is 11.8 Å². The van der Waals surface area contributed by atoms with Crippen molar-refractivity contribution in [3.63, 3.8) is 0 Å². The highest BCUT2D eigenvalue weighted by molar-refractivity contribution is 6.00. The van der Waals surface area contributed by atoms with Crippen LogP contribution >= 0.6 is 0 Å². The Morgan fingerprint density at radius 2 is 1.85 bits per heavy atom. The van der Waals surface area contributed by atoms with Crippen LogP contribution in [0.1, 0.15) is 30.6 Å². The molecule has 2 N–H and O–H groups in total. The molecule has 2 atom stereocenters. The van der Waals surface area contributed by atoms with Gasteiger partial charge >= 0.3 is 0 Å². The summed E-state index contributed by atoms with van der Waals surface area (Å²) in [5.41, 5.74) is 8.13. The average Bonchev–Trinajstić information content (AvgIpc) is 2.36. The number of likely N-dealkylation sites (tertiary alicyclic amines) is 1. The number of piperidine rings is 1. The fraction of sp³-hybridized carbons (Fsp3) is 0.562. The Hall–Kier alpha value is -1.71. The lowest BCUT2D eigenvalue weighted by Crippen LogP contribution is -2.43. The summed E-state index contributed by atoms with van der Waals surface area (Å²) in [5, 5.41) is 0. The largest absolute Gasteiger partial charge is 0.399 e. The highest BCUT2D eigenvalue weighted by Gasteiger charge is 2.27. The molecule has 110 valence electrons. The second kappa shape index (κ2) is 5.73. The summed E-state index contributed by atoms with van der Waals surface area (Å²) in [6, 6.07) is 5.55. The number of benzene rings is 1. The Labute approximate surface area is 121 Å². The van der Waals surface area contributed by atoms with Crippen molar-refractivity contribution in [1.82, 2.24) is 4.90 Å². The highest BCUT2D eigenvalue weighted by atomic mass is 16.2. The number of amides is 1. The van der Waals surface area contributed by atoms with E-state index in [2.05, 4.69) is 13.8 Å². The van der Waals surface area contributed by atoms with Gasteiger partial charge in [-0.05, 0) is 36.5 Å². The lowest BCUT2D eigenvalue weighted by Gasteiger charge is -2.35. The molecule has 1 heterocycles. The first kappa shape index (κ1) is 14.7. The smallest absolute Gasteiger partial charge is 0.256 e. The Balaban J connectivity index is 2.30. The van der Waals surface area contributed by atoms with Gasteiger partial charge in [0.15, 0.2) is 0 Å². The van der Waals surface area contributed by atoms with Crippen LogP contribution in [-0.4, -0.2) is 38.0 Å². The molecule has 1 aromatic carbocycles. The van der Waals surface area contributed by atoms with Crippen LogP contribution in [0.25, 0.3) is 0 Å². The van der Waals surface area contributed by atoms with Crippen molar-refractivity contribution in [2.75, 3.05) is 37.8 Å². The highest BCUT2D eigenvalue weighted by Crippen LogP contribution is 2.27. The van der Waals surface area contributed by atoms with Crippen LogP contribution in [0.15, 0.2) is 18.2 Å². The van der Waals surface area contributed by atoms with Gasteiger partial charge in [0.05, 0.1) is 5.56 Å². The van der Waals surface area contributed by atoms with Crippen LogP contribution < -0.4 is 10.6 Å². The molecule has 20 heavy (non-hydrogen) atoms. The van der Waals surface area contributed by atoms with E-state index in [1.807, 2.05) is 36.0 Å². The van der Waals surface area contributed by atoms with Gasteiger partial charge < -0.3 is 15.5 Å². The fourth-order valence-corrected chi connectivity index (χ4v) is 3.11. The van der Waals surface area contributed by atoms with Crippen LogP contribution in [0.3, 0.4) is 0 Å². The molecule has 2 unspecified atom stereocenters. The van der Waals surface area contributed by atoms with Crippen LogP contribution in [0.2, 0.25) is 0 Å². The number of carbonyl (C=O) groups is 1. The molecule has 1 aliphatic heterocycles. The topological polar surface area (TPSA) is 49.6 Å². The lowest BCUT2D eigenvalue weighted by molar-refractivity contribution is 0.0624. The summed E-state index contributed by atoms with van der Waals surface area (Å²) in [6.45, 7) is 6.10. The van der Waals surface area contributed by atoms with Gasteiger partial charge in [-0.25, -0.2) is 0 Å². The van der Waals surface area contributed by atoms with Crippen molar-refractivity contribution in [3.05, 3.63) is 23.8 Å². The minimum Gasteiger partial charge on any atom is -0.399 e. The van der Waals surface area contributed by atoms with Gasteiger partial charge in [0.25, 0.3) is 5.91 Å². The predicted molar refractivity (Wildman–Crippen MR) is 84.0 cm³/mol. The first-order valence-corrected chi connectivity index (χ1v) is 7.24. The van der Waals surface area contributed by atoms with Crippen LogP contribution in [0.4, 0.5) is 11.4 Å². The van der Waals surface area contributed by atoms with E-state index in [1.54, 1.807) is 6.07 Å². The molecular formula is C16H25N3O. The minimum atomic E-state index is 0.0967. The maximum atomic E-state index is 12.8. The van der Waals surface area contributed by atoms with Gasteiger partial charge in [-0.2, -0.15) is 0 Å². The molecule has 0 aliphatic carbocycles. The molecule has 0 radical (unpaired) electrons. The first-order valence-electron chi connectivity index (χ1n) is 7.24. The minimum absolute atomic E-state index is 0.0967. The molecular weight excluding hydrogens is 250 g/mol. The summed E-state index contributed by atoms with van der Waals surface area (Å²) >= 11 is 0. The Bertz CT molecular complexity index is 488. The van der Waals surface area contributed by atoms with E-state index in [0.717, 1.165) is 18.8 Å². The number of nitrogen functional groups attached to an aromatic ring is 1. The monoisotopic (exact) mass is 275 g/mol. The number of hydrogen-bond donors (Lipinski definition) is 1. The van der Waals surface area contributed by atoms with Gasteiger partial charge in [-0.1, -0.05) is 13.8 Å². The molecule has 4 heteroatoms. The number of anilines is 2. The van der Waals surface area contributed by atoms with Crippen molar-refractivity contribution in [3.8, 4) is 0 Å². The summed E-state index contributed by atoms with van der Waals surface area (Å²) in [4.78, 5) is 16.7. The normalized spacial score (nSPS) is 22.7. The molecule has 0 saturated carbocycles. The third-order valence-electron chi connectivity index (χ3n) is 3.89. The van der Waals surface area contributed by atoms with Gasteiger partial charge in [0, 0.05) is 38.6 Å². The molecule has 0 aromatic heterocycles. The number of nitrogens with two attached hydrogens (primary N) is 1. The molecule has 0 bridgehead atoms. The number of nitrogens with zero attached hydrogens (tertiary/aromatic N) is 2. The number of hydrogen-bond acceptors (Lipinski definition) is 3. The molecule has 1 saturated heterocycles. The summed E-state index contributed by atoms with van der Waals surface area (Å²) in [6.07, 6.45) is 1.20. The van der Waals surface area contributed by atoms with E-state index < -0.39 is 0 Å². The van der Waals surface area contributed by atoms with E-state index >= 15 is 0 Å². The van der Waals surface area contributed by atoms with Gasteiger partial charge in [0.1, 0.15) is 0 Å². The Morgan fingerprint density at radius 3 is 2.40 bits per heavy atom. The molecule has 4 nitrogen and oxygen atoms in total. The summed E-state index contributed by atoms with van der Waals surface area (Å²) in [5.74, 6) is 1.22. The second-order valence-corrected chi connectivity index (χ2v) is 6.33. The number of carbonyl (C=O) groups excluding carboxylic acids is 1. The maximum absolute atomic E-state index is 12.8. The quantitative estimate of drug-likeness (QED) is 0.843. The van der Waals surface area contributed by atoms with E-state index in [1.165, 1.54) is 6.42 Å². The molecule has 0 spiro atoms. The second-order valence-electron chi connectivity index (χ2n) is 6.33. The van der Waals surface area contributed by atoms with Crippen molar-refractivity contribution < 1.29 is 4.79 Å². The number of rotatable bonds is 2. The van der Waals surface area contributed by atoms with Gasteiger partial charge in [-0.3, -0.25) is 4.79 Å². The van der Waals surface area contributed by atoms with Crippen LogP contribution in [-0.2, 0) is 0 Å². The predicted octanol–water partition coefficient (Wildman–Crippen LogP) is 2.45. The van der Waals surface area contributed by atoms with Crippen molar-refractivity contribution >= 4 is 17.3 Å². The third-order valence-corrected chi connectivity index (χ3v) is 3.89. The zero-order valence-corrected chi connectivity index (χ0v) is 12.9. The van der Waals surface area contributed by atoms with Crippen molar-refractivity contribution in [2.45, 2.75) is 20.3 Å². The van der Waals surface area contributed by atoms with Crippen molar-refractivity contribution in [1.29, 1.82) is 0 Å². The zero-order chi connectivity index (χ0) is 14.9. The molecule has 1 aromatic rings. The Morgan fingerprint density at radius 1 is 1.25 bits per heavy atom. The van der Waals surface area contributed by atoms with E-state index in [-0.39, 0.29) is 5.91 Å². The fourth-order valence-electron chi connectivity index (χ4n) is 3.11. The van der Waals surface area contributed by atoms with Crippen LogP contribution in [0.5, 0.6) is 0 Å². The van der Waals surface area contributed by atoms with Gasteiger partial charge in [0.2, 0.25) is 0 Å². The van der Waals surface area contributed by atoms with E-state index in [0.29, 0.717) is 23.1 Å². The lowest BCUT2D eigenvalue weighted by atomic mass is 9.91. The third kappa shape index (κ3) is 3.06. The standard InChI is InChI=1S/C16H25N3O/c1-11-7-12(2)10-19(9-11)16(20)14-8-13(17)5-6-15(14)18(3)4/h5-6,8,11-12H,7,9-10,17H2,1-4H3. The SMILES string of the molecule is CC1CC(C)CN(C(=O)c2cc(N)ccc2N(C)C)C1. The molecule has 1 fully saturated rings. The van der Waals surface area contributed by atoms with E-state index in [4.69, 9.17) is 5.73 Å². The molecule has 2 rings (SSSR count). The first-order chi connectivity index (χ1) is 9.38.